The molecule has 2 heterocycles. The fourth-order valence-corrected chi connectivity index (χ4v) is 1.96. The minimum atomic E-state index is -2.58. The first-order chi connectivity index (χ1) is 8.47. The molecule has 0 spiro atoms. The molecule has 18 heavy (non-hydrogen) atoms. The summed E-state index contributed by atoms with van der Waals surface area (Å²) in [5.41, 5.74) is 1.02. The Kier molecular flexibility index (Phi) is 3.28. The summed E-state index contributed by atoms with van der Waals surface area (Å²) < 4.78 is 19.9. The van der Waals surface area contributed by atoms with Crippen molar-refractivity contribution >= 4 is 21.2 Å². The molecule has 0 aliphatic carbocycles. The molecule has 7 nitrogen and oxygen atoms in total. The van der Waals surface area contributed by atoms with Crippen molar-refractivity contribution in [2.75, 3.05) is 18.6 Å². The highest BCUT2D eigenvalue weighted by atomic mass is 32.2. The van der Waals surface area contributed by atoms with Gasteiger partial charge < -0.3 is 5.32 Å². The van der Waals surface area contributed by atoms with Gasteiger partial charge in [0.25, 0.3) is 5.91 Å². The van der Waals surface area contributed by atoms with Crippen LogP contribution in [-0.2, 0) is 9.73 Å². The van der Waals surface area contributed by atoms with Crippen LogP contribution in [0.5, 0.6) is 0 Å². The van der Waals surface area contributed by atoms with Crippen LogP contribution in [0.4, 0.5) is 0 Å². The summed E-state index contributed by atoms with van der Waals surface area (Å²) in [7, 11) is -2.58. The summed E-state index contributed by atoms with van der Waals surface area (Å²) >= 11 is 0. The van der Waals surface area contributed by atoms with Crippen molar-refractivity contribution in [3.63, 3.8) is 0 Å². The highest BCUT2D eigenvalue weighted by Gasteiger charge is 2.12. The van der Waals surface area contributed by atoms with Crippen LogP contribution in [0.25, 0.3) is 5.52 Å². The van der Waals surface area contributed by atoms with Gasteiger partial charge in [-0.05, 0) is 0 Å². The van der Waals surface area contributed by atoms with Crippen LogP contribution in [0.1, 0.15) is 10.4 Å². The fraction of sp³-hybridized carbons (Fsp3) is 0.300. The lowest BCUT2D eigenvalue weighted by Crippen LogP contribution is -2.28. The lowest BCUT2D eigenvalue weighted by molar-refractivity contribution is 0.0957. The van der Waals surface area contributed by atoms with Gasteiger partial charge in [0, 0.05) is 40.7 Å². The zero-order chi connectivity index (χ0) is 13.2. The van der Waals surface area contributed by atoms with Crippen molar-refractivity contribution in [2.24, 2.45) is 0 Å². The van der Waals surface area contributed by atoms with E-state index in [1.165, 1.54) is 12.5 Å². The molecule has 0 fully saturated rings. The van der Waals surface area contributed by atoms with Crippen LogP contribution in [0.2, 0.25) is 0 Å². The summed E-state index contributed by atoms with van der Waals surface area (Å²) in [6.45, 7) is 0.204. The summed E-state index contributed by atoms with van der Waals surface area (Å²) in [4.78, 5) is 15.8. The molecule has 2 aromatic rings. The van der Waals surface area contributed by atoms with Crippen molar-refractivity contribution in [3.05, 3.63) is 30.4 Å². The van der Waals surface area contributed by atoms with Crippen LogP contribution >= 0.6 is 0 Å². The third-order valence-electron chi connectivity index (χ3n) is 2.35. The minimum Gasteiger partial charge on any atom is -0.351 e. The van der Waals surface area contributed by atoms with Crippen LogP contribution in [0.3, 0.4) is 0 Å². The van der Waals surface area contributed by atoms with E-state index < -0.39 is 9.73 Å². The number of nitrogens with one attached hydrogen (secondary N) is 2. The van der Waals surface area contributed by atoms with Crippen LogP contribution in [-0.4, -0.2) is 43.3 Å². The number of aromatic nitrogens is 3. The zero-order valence-electron chi connectivity index (χ0n) is 9.79. The van der Waals surface area contributed by atoms with E-state index in [1.807, 2.05) is 0 Å². The smallest absolute Gasteiger partial charge is 0.255 e. The quantitative estimate of drug-likeness (QED) is 0.822. The molecule has 1 unspecified atom stereocenters. The van der Waals surface area contributed by atoms with Crippen LogP contribution < -0.4 is 5.32 Å². The molecule has 1 atom stereocenters. The monoisotopic (exact) mass is 267 g/mol. The summed E-state index contributed by atoms with van der Waals surface area (Å²) in [6.07, 6.45) is 7.58. The van der Waals surface area contributed by atoms with Crippen molar-refractivity contribution in [1.82, 2.24) is 19.9 Å². The molecular weight excluding hydrogens is 254 g/mol. The first-order valence-electron chi connectivity index (χ1n) is 5.24. The Morgan fingerprint density at radius 2 is 2.33 bits per heavy atom. The molecule has 8 heteroatoms. The third-order valence-corrected chi connectivity index (χ3v) is 3.33. The van der Waals surface area contributed by atoms with Crippen LogP contribution in [0.15, 0.2) is 24.8 Å². The zero-order valence-corrected chi connectivity index (χ0v) is 10.6. The first kappa shape index (κ1) is 12.5. The van der Waals surface area contributed by atoms with Crippen molar-refractivity contribution in [1.29, 1.82) is 4.78 Å². The van der Waals surface area contributed by atoms with Crippen LogP contribution in [0, 0.1) is 4.78 Å². The maximum absolute atomic E-state index is 11.9. The summed E-state index contributed by atoms with van der Waals surface area (Å²) in [5.74, 6) is -0.169. The Hall–Kier alpha value is -1.96. The average molecular weight is 267 g/mol. The minimum absolute atomic E-state index is 0.135. The molecule has 1 amide bonds. The molecule has 2 aromatic heterocycles. The van der Waals surface area contributed by atoms with Crippen molar-refractivity contribution in [2.45, 2.75) is 0 Å². The van der Waals surface area contributed by atoms with Crippen molar-refractivity contribution < 1.29 is 9.00 Å². The van der Waals surface area contributed by atoms with Crippen molar-refractivity contribution in [3.8, 4) is 0 Å². The maximum atomic E-state index is 11.9. The lowest BCUT2D eigenvalue weighted by Gasteiger charge is -2.03. The molecule has 2 rings (SSSR count). The third kappa shape index (κ3) is 2.83. The number of carbonyl (C=O) groups is 1. The molecule has 0 bridgehead atoms. The van der Waals surface area contributed by atoms with E-state index >= 15 is 0 Å². The van der Waals surface area contributed by atoms with Gasteiger partial charge in [0.15, 0.2) is 0 Å². The normalized spacial score (nSPS) is 14.3. The molecule has 0 saturated carbocycles. The average Bonchev–Trinajstić information content (AvgIpc) is 2.70. The second-order valence-electron chi connectivity index (χ2n) is 3.93. The maximum Gasteiger partial charge on any atom is 0.255 e. The van der Waals surface area contributed by atoms with Gasteiger partial charge in [0.1, 0.15) is 0 Å². The summed E-state index contributed by atoms with van der Waals surface area (Å²) in [5, 5.41) is 6.63. The standard InChI is InChI=1S/C10H13N5O2S/c1-18(11,17)5-3-13-10(16)8-6-14-15-4-2-12-7-9(8)15/h2,4,6-7,11H,3,5H2,1H3,(H,13,16). The number of hydrogen-bond acceptors (Lipinski definition) is 5. The number of rotatable bonds is 4. The predicted octanol–water partition coefficient (Wildman–Crippen LogP) is 0.136. The number of hydrogen-bond donors (Lipinski definition) is 2. The number of amides is 1. The molecule has 96 valence electrons. The Morgan fingerprint density at radius 1 is 1.56 bits per heavy atom. The lowest BCUT2D eigenvalue weighted by atomic mass is 10.3. The van der Waals surface area contributed by atoms with Gasteiger partial charge in [0.05, 0.1) is 23.5 Å². The molecule has 0 aliphatic heterocycles. The Balaban J connectivity index is 2.10. The van der Waals surface area contributed by atoms with E-state index in [-0.39, 0.29) is 18.2 Å². The number of fused-ring (bicyclic) bond motifs is 1. The van der Waals surface area contributed by atoms with E-state index in [0.29, 0.717) is 11.1 Å². The number of nitrogens with zero attached hydrogens (tertiary/aromatic N) is 3. The molecular formula is C10H13N5O2S. The SMILES string of the molecule is CS(=N)(=O)CCNC(=O)c1cnn2ccncc12. The van der Waals surface area contributed by atoms with E-state index in [9.17, 15) is 9.00 Å². The second-order valence-corrected chi connectivity index (χ2v) is 6.35. The topological polar surface area (TPSA) is 100 Å². The van der Waals surface area contributed by atoms with Gasteiger partial charge in [0.2, 0.25) is 0 Å². The van der Waals surface area contributed by atoms with E-state index in [1.54, 1.807) is 23.1 Å². The number of carbonyl (C=O) groups excluding carboxylic acids is 1. The van der Waals surface area contributed by atoms with E-state index in [0.717, 1.165) is 0 Å². The highest BCUT2D eigenvalue weighted by Crippen LogP contribution is 2.07. The van der Waals surface area contributed by atoms with E-state index in [4.69, 9.17) is 4.78 Å². The van der Waals surface area contributed by atoms with Gasteiger partial charge in [-0.15, -0.1) is 0 Å². The largest absolute Gasteiger partial charge is 0.351 e. The fourth-order valence-electron chi connectivity index (χ4n) is 1.46. The molecule has 2 N–H and O–H groups in total. The molecule has 0 saturated heterocycles. The summed E-state index contributed by atoms with van der Waals surface area (Å²) in [6, 6.07) is 0. The molecule has 0 aliphatic rings. The highest BCUT2D eigenvalue weighted by molar-refractivity contribution is 7.91. The van der Waals surface area contributed by atoms with E-state index in [2.05, 4.69) is 15.4 Å². The van der Waals surface area contributed by atoms with Gasteiger partial charge in [-0.25, -0.2) is 4.52 Å². The van der Waals surface area contributed by atoms with Gasteiger partial charge >= 0.3 is 0 Å². The molecule has 0 radical (unpaired) electrons. The Morgan fingerprint density at radius 3 is 3.06 bits per heavy atom. The van der Waals surface area contributed by atoms with Gasteiger partial charge in [-0.3, -0.25) is 18.8 Å². The molecule has 0 aromatic carbocycles. The Labute approximate surface area is 104 Å². The first-order valence-corrected chi connectivity index (χ1v) is 7.38. The van der Waals surface area contributed by atoms with Gasteiger partial charge in [-0.1, -0.05) is 0 Å². The Bertz CT molecular complexity index is 676. The van der Waals surface area contributed by atoms with Gasteiger partial charge in [-0.2, -0.15) is 5.10 Å². The predicted molar refractivity (Wildman–Crippen MR) is 67.0 cm³/mol. The second kappa shape index (κ2) is 4.73.